The highest BCUT2D eigenvalue weighted by Crippen LogP contribution is 2.45. The molecule has 1 aromatic carbocycles. The van der Waals surface area contributed by atoms with Gasteiger partial charge in [-0.05, 0) is 93.0 Å². The summed E-state index contributed by atoms with van der Waals surface area (Å²) in [7, 11) is -3.99. The first-order chi connectivity index (χ1) is 21.5. The number of benzene rings is 1. The Bertz CT molecular complexity index is 1850. The lowest BCUT2D eigenvalue weighted by molar-refractivity contribution is -0.147. The first kappa shape index (κ1) is 31.1. The van der Waals surface area contributed by atoms with Crippen LogP contribution in [-0.2, 0) is 26.1 Å². The van der Waals surface area contributed by atoms with Crippen LogP contribution in [0.1, 0.15) is 78.6 Å². The van der Waals surface area contributed by atoms with Gasteiger partial charge in [0.1, 0.15) is 17.3 Å². The second-order valence-electron chi connectivity index (χ2n) is 12.5. The van der Waals surface area contributed by atoms with Crippen molar-refractivity contribution < 1.29 is 27.8 Å². The Hall–Kier alpha value is -3.87. The van der Waals surface area contributed by atoms with Crippen molar-refractivity contribution in [1.29, 1.82) is 0 Å². The summed E-state index contributed by atoms with van der Waals surface area (Å²) in [6, 6.07) is 10.9. The number of pyridine rings is 2. The molecule has 11 nitrogen and oxygen atoms in total. The molecular formula is C33H39N5O6S. The molecule has 0 spiro atoms. The van der Waals surface area contributed by atoms with Crippen LogP contribution in [0.5, 0.6) is 5.88 Å². The number of fused-ring (bicyclic) bond motifs is 2. The molecular weight excluding hydrogens is 594 g/mol. The highest BCUT2D eigenvalue weighted by Gasteiger charge is 2.41. The van der Waals surface area contributed by atoms with Crippen molar-refractivity contribution in [1.82, 2.24) is 23.9 Å². The number of aryl methyl sites for hydroxylation is 2. The molecule has 12 heteroatoms. The van der Waals surface area contributed by atoms with E-state index in [0.29, 0.717) is 25.6 Å². The molecule has 6 rings (SSSR count). The number of rotatable bonds is 7. The molecule has 1 aliphatic heterocycles. The molecule has 3 aromatic heterocycles. The second kappa shape index (κ2) is 12.1. The van der Waals surface area contributed by atoms with Gasteiger partial charge in [0.05, 0.1) is 12.0 Å². The summed E-state index contributed by atoms with van der Waals surface area (Å²) < 4.78 is 42.9. The molecule has 1 fully saturated rings. The van der Waals surface area contributed by atoms with E-state index in [1.807, 2.05) is 48.7 Å². The van der Waals surface area contributed by atoms with Crippen LogP contribution in [0.15, 0.2) is 53.7 Å². The van der Waals surface area contributed by atoms with Gasteiger partial charge in [0.15, 0.2) is 5.65 Å². The zero-order valence-electron chi connectivity index (χ0n) is 26.1. The lowest BCUT2D eigenvalue weighted by atomic mass is 9.70. The molecule has 1 atom stereocenters. The van der Waals surface area contributed by atoms with Gasteiger partial charge in [-0.2, -0.15) is 4.31 Å². The molecule has 1 saturated carbocycles. The Balaban J connectivity index is 1.42. The van der Waals surface area contributed by atoms with Crippen LogP contribution in [0.2, 0.25) is 0 Å². The molecule has 0 radical (unpaired) electrons. The quantitative estimate of drug-likeness (QED) is 0.303. The third-order valence-corrected chi connectivity index (χ3v) is 10.8. The Labute approximate surface area is 263 Å². The molecule has 2 aliphatic rings. The van der Waals surface area contributed by atoms with Crippen LogP contribution in [0.3, 0.4) is 0 Å². The first-order valence-corrected chi connectivity index (χ1v) is 16.8. The van der Waals surface area contributed by atoms with Gasteiger partial charge in [0.25, 0.3) is 0 Å². The molecule has 0 unspecified atom stereocenters. The standard InChI is InChI=1S/C33H39N5O6S/c1-21-8-9-24(19-25(21)20-37-14-6-16-43-17-18-44-31-27(45(37,41)42)7-5-13-34-31)28(33(3,4)32(39)40)26-12-15-38-29(22(26)2)35-36-30(38)23-10-11-23/h5,7-9,12-13,15,19,23,28H,6,10-11,14,16-18,20H2,1-4H3,(H,39,40)/t28-/m1/s1. The topological polar surface area (TPSA) is 136 Å². The van der Waals surface area contributed by atoms with Gasteiger partial charge < -0.3 is 14.6 Å². The second-order valence-corrected chi connectivity index (χ2v) is 14.4. The first-order valence-electron chi connectivity index (χ1n) is 15.3. The van der Waals surface area contributed by atoms with Crippen molar-refractivity contribution in [2.75, 3.05) is 26.4 Å². The Morgan fingerprint density at radius 2 is 1.91 bits per heavy atom. The fourth-order valence-corrected chi connectivity index (χ4v) is 7.67. The Morgan fingerprint density at radius 1 is 1.11 bits per heavy atom. The van der Waals surface area contributed by atoms with Crippen LogP contribution in [-0.4, -0.2) is 69.7 Å². The van der Waals surface area contributed by atoms with Crippen molar-refractivity contribution >= 4 is 21.6 Å². The van der Waals surface area contributed by atoms with E-state index in [-0.39, 0.29) is 30.5 Å². The molecule has 1 aliphatic carbocycles. The van der Waals surface area contributed by atoms with Crippen molar-refractivity contribution in [3.8, 4) is 5.88 Å². The molecule has 0 saturated heterocycles. The number of hydrogen-bond donors (Lipinski definition) is 1. The SMILES string of the molecule is Cc1ccc([C@H](c2ccn3c(C4CC4)nnc3c2C)C(C)(C)C(=O)O)cc1CN1CCCOCCOc2ncccc2S1(=O)=O. The summed E-state index contributed by atoms with van der Waals surface area (Å²) in [5.41, 5.74) is 3.69. The zero-order chi connectivity index (χ0) is 31.9. The van der Waals surface area contributed by atoms with Crippen LogP contribution < -0.4 is 4.74 Å². The largest absolute Gasteiger partial charge is 0.481 e. The van der Waals surface area contributed by atoms with E-state index in [9.17, 15) is 18.3 Å². The van der Waals surface area contributed by atoms with Crippen molar-refractivity contribution in [2.45, 2.75) is 70.2 Å². The van der Waals surface area contributed by atoms with Gasteiger partial charge in [-0.15, -0.1) is 10.2 Å². The molecule has 4 heterocycles. The predicted molar refractivity (Wildman–Crippen MR) is 167 cm³/mol. The minimum atomic E-state index is -3.99. The lowest BCUT2D eigenvalue weighted by Crippen LogP contribution is -2.34. The van der Waals surface area contributed by atoms with Crippen LogP contribution in [0.25, 0.3) is 5.65 Å². The van der Waals surface area contributed by atoms with E-state index in [0.717, 1.165) is 52.1 Å². The highest BCUT2D eigenvalue weighted by molar-refractivity contribution is 7.89. The lowest BCUT2D eigenvalue weighted by Gasteiger charge is -2.33. The number of aromatic nitrogens is 4. The minimum absolute atomic E-state index is 0.00777. The van der Waals surface area contributed by atoms with Gasteiger partial charge in [0.2, 0.25) is 15.9 Å². The number of carbonyl (C=O) groups is 1. The van der Waals surface area contributed by atoms with Crippen molar-refractivity contribution in [3.05, 3.63) is 82.4 Å². The fourth-order valence-electron chi connectivity index (χ4n) is 6.13. The van der Waals surface area contributed by atoms with Crippen molar-refractivity contribution in [2.24, 2.45) is 5.41 Å². The van der Waals surface area contributed by atoms with Crippen molar-refractivity contribution in [3.63, 3.8) is 0 Å². The summed E-state index contributed by atoms with van der Waals surface area (Å²) in [5, 5.41) is 19.4. The minimum Gasteiger partial charge on any atom is -0.481 e. The number of carboxylic acid groups (broad SMARTS) is 1. The number of hydrogen-bond acceptors (Lipinski definition) is 8. The third-order valence-electron chi connectivity index (χ3n) is 8.99. The van der Waals surface area contributed by atoms with Gasteiger partial charge in [0, 0.05) is 43.9 Å². The summed E-state index contributed by atoms with van der Waals surface area (Å²) in [6.07, 6.45) is 6.14. The average molecular weight is 634 g/mol. The molecule has 45 heavy (non-hydrogen) atoms. The molecule has 0 amide bonds. The average Bonchev–Trinajstić information content (AvgIpc) is 3.76. The van der Waals surface area contributed by atoms with E-state index in [4.69, 9.17) is 9.47 Å². The number of sulfonamides is 1. The highest BCUT2D eigenvalue weighted by atomic mass is 32.2. The normalized spacial score (nSPS) is 18.5. The predicted octanol–water partition coefficient (Wildman–Crippen LogP) is 4.85. The number of ether oxygens (including phenoxy) is 2. The van der Waals surface area contributed by atoms with Crippen LogP contribution >= 0.6 is 0 Å². The molecule has 4 aromatic rings. The van der Waals surface area contributed by atoms with Gasteiger partial charge in [-0.1, -0.05) is 18.2 Å². The Morgan fingerprint density at radius 3 is 2.67 bits per heavy atom. The van der Waals surface area contributed by atoms with E-state index in [1.165, 1.54) is 16.6 Å². The monoisotopic (exact) mass is 633 g/mol. The third kappa shape index (κ3) is 5.94. The fraction of sp³-hybridized carbons (Fsp3) is 0.455. The van der Waals surface area contributed by atoms with Gasteiger partial charge in [-0.3, -0.25) is 9.20 Å². The molecule has 0 bridgehead atoms. The zero-order valence-corrected chi connectivity index (χ0v) is 26.9. The smallest absolute Gasteiger partial charge is 0.310 e. The van der Waals surface area contributed by atoms with Crippen LogP contribution in [0.4, 0.5) is 0 Å². The van der Waals surface area contributed by atoms with E-state index in [1.54, 1.807) is 19.9 Å². The number of aliphatic carboxylic acids is 1. The van der Waals surface area contributed by atoms with E-state index in [2.05, 4.69) is 15.2 Å². The maximum Gasteiger partial charge on any atom is 0.310 e. The summed E-state index contributed by atoms with van der Waals surface area (Å²) >= 11 is 0. The number of nitrogens with zero attached hydrogens (tertiary/aromatic N) is 5. The van der Waals surface area contributed by atoms with Gasteiger partial charge in [-0.25, -0.2) is 13.4 Å². The van der Waals surface area contributed by atoms with Crippen LogP contribution in [0, 0.1) is 19.3 Å². The maximum atomic E-state index is 14.1. The van der Waals surface area contributed by atoms with E-state index >= 15 is 0 Å². The Kier molecular flexibility index (Phi) is 8.40. The molecule has 238 valence electrons. The summed E-state index contributed by atoms with van der Waals surface area (Å²) in [5.74, 6) is -0.0877. The summed E-state index contributed by atoms with van der Waals surface area (Å²) in [4.78, 5) is 17.0. The maximum absolute atomic E-state index is 14.1. The number of carboxylic acids is 1. The summed E-state index contributed by atoms with van der Waals surface area (Å²) in [6.45, 7) is 8.59. The molecule has 1 N–H and O–H groups in total. The van der Waals surface area contributed by atoms with E-state index < -0.39 is 27.3 Å². The van der Waals surface area contributed by atoms with Gasteiger partial charge >= 0.3 is 5.97 Å².